The highest BCUT2D eigenvalue weighted by Crippen LogP contribution is 2.51. The van der Waals surface area contributed by atoms with Crippen LogP contribution < -0.4 is 0 Å². The van der Waals surface area contributed by atoms with Crippen LogP contribution in [0.4, 0.5) is 0 Å². The fraction of sp³-hybridized carbons (Fsp3) is 0. The maximum atomic E-state index is 6.39. The van der Waals surface area contributed by atoms with Crippen molar-refractivity contribution in [1.29, 1.82) is 0 Å². The molecule has 0 unspecified atom stereocenters. The zero-order valence-electron chi connectivity index (χ0n) is 77.1. The average Bonchev–Trinajstić information content (AvgIpc) is 1.40. The Labute approximate surface area is 818 Å². The van der Waals surface area contributed by atoms with Gasteiger partial charge in [-0.25, -0.2) is 15.0 Å². The highest BCUT2D eigenvalue weighted by atomic mass is 16.3. The number of pyridine rings is 3. The molecule has 0 N–H and O–H groups in total. The average molecular weight is 1820 g/mol. The Bertz CT molecular complexity index is 10500. The smallest absolute Gasteiger partial charge is 0.145 e. The maximum Gasteiger partial charge on any atom is 0.145 e. The summed E-state index contributed by atoms with van der Waals surface area (Å²) in [4.78, 5) is 20.0. The van der Waals surface area contributed by atoms with Crippen molar-refractivity contribution in [3.63, 3.8) is 0 Å². The maximum absolute atomic E-state index is 6.39. The topological polar surface area (TPSA) is 100 Å². The molecule has 0 atom stereocenters. The third kappa shape index (κ3) is 13.4. The minimum Gasteiger partial charge on any atom is -0.456 e. The van der Waals surface area contributed by atoms with Crippen molar-refractivity contribution in [1.82, 2.24) is 28.9 Å². The van der Waals surface area contributed by atoms with Crippen molar-refractivity contribution in [2.24, 2.45) is 0 Å². The number of furan rings is 3. The second kappa shape index (κ2) is 32.8. The van der Waals surface area contributed by atoms with Crippen LogP contribution in [0.15, 0.2) is 499 Å². The molecule has 0 aliphatic heterocycles. The number of nitrogens with zero attached hydrogens (tertiary/aromatic N) is 6. The molecule has 9 heteroatoms. The third-order valence-corrected chi connectivity index (χ3v) is 29.2. The molecule has 31 aromatic rings. The Balaban J connectivity index is 0.000000103. The van der Waals surface area contributed by atoms with E-state index >= 15 is 0 Å². The summed E-state index contributed by atoms with van der Waals surface area (Å²) in [5.74, 6) is 0.930. The van der Waals surface area contributed by atoms with Crippen LogP contribution in [-0.4, -0.2) is 28.9 Å². The number of hydrogen-bond acceptors (Lipinski definition) is 7. The van der Waals surface area contributed by atoms with E-state index in [0.717, 1.165) is 144 Å². The molecule has 143 heavy (non-hydrogen) atoms. The highest BCUT2D eigenvalue weighted by Gasteiger charge is 2.26. The number of aromatic nitrogens is 6. The summed E-state index contributed by atoms with van der Waals surface area (Å²) < 4.78 is 23.4. The van der Waals surface area contributed by atoms with Crippen molar-refractivity contribution >= 4 is 201 Å². The quantitative estimate of drug-likeness (QED) is 0.105. The van der Waals surface area contributed by atoms with Crippen LogP contribution in [-0.2, 0) is 0 Å². The summed E-state index contributed by atoms with van der Waals surface area (Å²) in [5, 5.41) is 30.8. The Kier molecular flexibility index (Phi) is 18.6. The van der Waals surface area contributed by atoms with E-state index in [0.29, 0.717) is 0 Å². The lowest BCUT2D eigenvalue weighted by Gasteiger charge is -2.18. The molecule has 0 radical (unpaired) electrons. The zero-order valence-corrected chi connectivity index (χ0v) is 77.1. The second-order valence-electron chi connectivity index (χ2n) is 37.3. The van der Waals surface area contributed by atoms with Crippen LogP contribution in [0.2, 0.25) is 0 Å². The summed E-state index contributed by atoms with van der Waals surface area (Å²) in [6.07, 6.45) is 5.97. The van der Waals surface area contributed by atoms with Crippen LogP contribution in [0.1, 0.15) is 0 Å². The molecule has 0 spiro atoms. The molecule has 31 rings (SSSR count). The van der Waals surface area contributed by atoms with Crippen molar-refractivity contribution in [2.75, 3.05) is 0 Å². The zero-order chi connectivity index (χ0) is 93.8. The first-order valence-electron chi connectivity index (χ1n) is 48.6. The number of para-hydroxylation sites is 3. The lowest BCUT2D eigenvalue weighted by molar-refractivity contribution is 0.669. The fourth-order valence-corrected chi connectivity index (χ4v) is 22.7. The molecule has 0 fully saturated rings. The van der Waals surface area contributed by atoms with E-state index in [1.807, 2.05) is 36.7 Å². The van der Waals surface area contributed by atoms with Gasteiger partial charge in [0.05, 0.1) is 33.5 Å². The monoisotopic (exact) mass is 1820 g/mol. The molecule has 9 nitrogen and oxygen atoms in total. The van der Waals surface area contributed by atoms with Crippen molar-refractivity contribution in [3.05, 3.63) is 486 Å². The van der Waals surface area contributed by atoms with Gasteiger partial charge in [0.15, 0.2) is 0 Å². The Hall–Kier alpha value is -19.2. The van der Waals surface area contributed by atoms with Gasteiger partial charge in [0.2, 0.25) is 0 Å². The van der Waals surface area contributed by atoms with Gasteiger partial charge in [-0.2, -0.15) is 0 Å². The Morgan fingerprint density at radius 2 is 0.531 bits per heavy atom. The highest BCUT2D eigenvalue weighted by molar-refractivity contribution is 6.27. The lowest BCUT2D eigenvalue weighted by Crippen LogP contribution is -1.97. The van der Waals surface area contributed by atoms with Gasteiger partial charge in [-0.05, 0) is 274 Å². The first-order chi connectivity index (χ1) is 70.9. The molecule has 23 aromatic carbocycles. The van der Waals surface area contributed by atoms with E-state index in [4.69, 9.17) is 33.2 Å². The molecule has 0 bridgehead atoms. The van der Waals surface area contributed by atoms with Crippen LogP contribution >= 0.6 is 0 Å². The van der Waals surface area contributed by atoms with E-state index in [2.05, 4.69) is 458 Å². The van der Waals surface area contributed by atoms with Crippen LogP contribution in [0.5, 0.6) is 0 Å². The lowest BCUT2D eigenvalue weighted by atomic mass is 9.85. The molecular weight excluding hydrogens is 1740 g/mol. The van der Waals surface area contributed by atoms with Gasteiger partial charge >= 0.3 is 0 Å². The van der Waals surface area contributed by atoms with E-state index in [1.54, 1.807) is 0 Å². The minimum atomic E-state index is 0.899. The molecule has 664 valence electrons. The fourth-order valence-electron chi connectivity index (χ4n) is 22.7. The minimum absolute atomic E-state index is 0.899. The standard InChI is InChI=1S/C49H30N2O.C43H26N2O.C42H24N2O/c1-2-14-36(15-3-1)51-44-21-11-10-20-43(44)50-49(51)32-24-22-31(23-25-32)47-37-16-6-8-18-39(37)48(40-19-9-7-17-38(40)47)35-26-27-45-41(29-35)42-28-33-12-4-5-13-34(33)30-46(42)52-45;1-2-10-30-25-40-37(23-29(30)9-1)36-24-31(20-21-39(36)46-40)43-34-13-5-3-11-32(34)42(33-12-4-6-14-35(33)43)28-18-16-27(17-19-28)38-26-45-22-8-7-15-41(45)44-38;1-2-9-28-24-38-35(22-27(28)8-1)34-23-29(18-20-37(34)45-38)39-30-11-3-5-13-32(30)40(33-14-6-4-12-31(33)39)36-19-17-26-16-15-25-10-7-21-43-41(25)42(26)44-36/h1-30H;1-26H;1-24H. The van der Waals surface area contributed by atoms with Crippen LogP contribution in [0, 0.1) is 0 Å². The summed E-state index contributed by atoms with van der Waals surface area (Å²) in [6, 6.07) is 167. The molecule has 8 aromatic heterocycles. The predicted octanol–water partition coefficient (Wildman–Crippen LogP) is 36.6. The van der Waals surface area contributed by atoms with E-state index < -0.39 is 0 Å². The van der Waals surface area contributed by atoms with Gasteiger partial charge in [0, 0.05) is 84.1 Å². The molecule has 0 saturated carbocycles. The summed E-state index contributed by atoms with van der Waals surface area (Å²) in [5.41, 5.74) is 28.7. The predicted molar refractivity (Wildman–Crippen MR) is 596 cm³/mol. The molecule has 0 aliphatic rings. The number of rotatable bonds is 9. The molecule has 0 amide bonds. The van der Waals surface area contributed by atoms with Crippen molar-refractivity contribution < 1.29 is 13.3 Å². The molecular formula is C134H80N6O3. The van der Waals surface area contributed by atoms with Gasteiger partial charge in [-0.1, -0.05) is 346 Å². The number of benzene rings is 23. The Morgan fingerprint density at radius 3 is 0.965 bits per heavy atom. The van der Waals surface area contributed by atoms with Crippen LogP contribution in [0.3, 0.4) is 0 Å². The van der Waals surface area contributed by atoms with Crippen LogP contribution in [0.25, 0.3) is 296 Å². The first kappa shape index (κ1) is 81.0. The van der Waals surface area contributed by atoms with Gasteiger partial charge in [0.1, 0.15) is 45.0 Å². The summed E-state index contributed by atoms with van der Waals surface area (Å²) in [6.45, 7) is 0. The molecule has 0 saturated heterocycles. The largest absolute Gasteiger partial charge is 0.456 e. The summed E-state index contributed by atoms with van der Waals surface area (Å²) >= 11 is 0. The number of imidazole rings is 2. The number of hydrogen-bond donors (Lipinski definition) is 0. The SMILES string of the molecule is c1ccc(-n2c(-c3ccc(-c4c5ccccc5c(-c5ccc6oc7cc8ccccc8cc7c6c5)c5ccccc45)cc3)nc3ccccc32)cc1.c1ccc2cc3c(cc2c1)oc1ccc(-c2c4ccccc4c(-c4ccc(-c5cn6ccccc6n5)cc4)c4ccccc24)cc13.c1ccc2cc3c(cc2c1)oc1ccc(-c2c4ccccc4c(-c4ccc5ccc6cccnc6c5n4)c4ccccc24)cc13. The number of fused-ring (bicyclic) bond motifs is 23. The van der Waals surface area contributed by atoms with Crippen molar-refractivity contribution in [2.45, 2.75) is 0 Å². The normalized spacial score (nSPS) is 11.9. The van der Waals surface area contributed by atoms with E-state index in [1.165, 1.54) is 153 Å². The third-order valence-electron chi connectivity index (χ3n) is 29.2. The van der Waals surface area contributed by atoms with E-state index in [-0.39, 0.29) is 0 Å². The van der Waals surface area contributed by atoms with Gasteiger partial charge in [0.25, 0.3) is 0 Å². The van der Waals surface area contributed by atoms with Gasteiger partial charge in [-0.3, -0.25) is 9.55 Å². The molecule has 0 aliphatic carbocycles. The first-order valence-corrected chi connectivity index (χ1v) is 48.6. The van der Waals surface area contributed by atoms with Gasteiger partial charge < -0.3 is 17.7 Å². The van der Waals surface area contributed by atoms with E-state index in [9.17, 15) is 0 Å². The summed E-state index contributed by atoms with van der Waals surface area (Å²) in [7, 11) is 0. The second-order valence-corrected chi connectivity index (χ2v) is 37.3. The van der Waals surface area contributed by atoms with Gasteiger partial charge in [-0.15, -0.1) is 0 Å². The molecule has 8 heterocycles. The Morgan fingerprint density at radius 1 is 0.196 bits per heavy atom. The van der Waals surface area contributed by atoms with Crippen molar-refractivity contribution in [3.8, 4) is 95.2 Å².